The Morgan fingerprint density at radius 1 is 1.24 bits per heavy atom. The van der Waals surface area contributed by atoms with Crippen LogP contribution in [0, 0.1) is 17.0 Å². The van der Waals surface area contributed by atoms with Crippen LogP contribution in [-0.2, 0) is 6.54 Å². The fraction of sp³-hybridized carbons (Fsp3) is 0.250. The fourth-order valence-electron chi connectivity index (χ4n) is 2.31. The molecule has 0 aromatic heterocycles. The predicted molar refractivity (Wildman–Crippen MR) is 85.4 cm³/mol. The van der Waals surface area contributed by atoms with Gasteiger partial charge in [0.05, 0.1) is 4.92 Å². The molecular formula is C16H19N3O2. The maximum absolute atomic E-state index is 11.0. The lowest BCUT2D eigenvalue weighted by Gasteiger charge is -2.24. The maximum Gasteiger partial charge on any atom is 0.292 e. The van der Waals surface area contributed by atoms with Crippen molar-refractivity contribution in [2.45, 2.75) is 20.4 Å². The molecule has 0 amide bonds. The molecule has 0 saturated heterocycles. The van der Waals surface area contributed by atoms with Gasteiger partial charge in [0.2, 0.25) is 0 Å². The first-order chi connectivity index (χ1) is 10.0. The second-order valence-corrected chi connectivity index (χ2v) is 4.96. The van der Waals surface area contributed by atoms with Crippen molar-refractivity contribution in [3.8, 4) is 0 Å². The summed E-state index contributed by atoms with van der Waals surface area (Å²) < 4.78 is 0. The summed E-state index contributed by atoms with van der Waals surface area (Å²) in [5.74, 6) is 0. The normalized spacial score (nSPS) is 10.4. The Kier molecular flexibility index (Phi) is 4.42. The van der Waals surface area contributed by atoms with Crippen LogP contribution in [0.25, 0.3) is 0 Å². The minimum Gasteiger partial charge on any atom is -0.393 e. The Hall–Kier alpha value is -2.56. The number of nitrogens with two attached hydrogens (primary N) is 1. The Labute approximate surface area is 124 Å². The Morgan fingerprint density at radius 3 is 2.57 bits per heavy atom. The van der Waals surface area contributed by atoms with Crippen molar-refractivity contribution < 1.29 is 4.92 Å². The molecule has 2 aromatic rings. The number of hydrogen-bond donors (Lipinski definition) is 1. The number of nitrogens with zero attached hydrogens (tertiary/aromatic N) is 2. The third-order valence-electron chi connectivity index (χ3n) is 3.48. The van der Waals surface area contributed by atoms with Crippen molar-refractivity contribution in [3.05, 3.63) is 63.7 Å². The maximum atomic E-state index is 11.0. The first-order valence-electron chi connectivity index (χ1n) is 6.86. The van der Waals surface area contributed by atoms with E-state index in [2.05, 4.69) is 17.9 Å². The lowest BCUT2D eigenvalue weighted by molar-refractivity contribution is -0.383. The summed E-state index contributed by atoms with van der Waals surface area (Å²) in [5.41, 5.74) is 9.17. The molecule has 0 atom stereocenters. The summed E-state index contributed by atoms with van der Waals surface area (Å²) in [5, 5.41) is 11.0. The molecule has 2 aromatic carbocycles. The topological polar surface area (TPSA) is 72.4 Å². The lowest BCUT2D eigenvalue weighted by Crippen LogP contribution is -2.22. The van der Waals surface area contributed by atoms with Crippen molar-refractivity contribution in [2.24, 2.45) is 0 Å². The molecule has 0 fully saturated rings. The third kappa shape index (κ3) is 3.31. The van der Waals surface area contributed by atoms with E-state index >= 15 is 0 Å². The first kappa shape index (κ1) is 14.8. The molecular weight excluding hydrogens is 266 g/mol. The van der Waals surface area contributed by atoms with Gasteiger partial charge in [-0.2, -0.15) is 0 Å². The second-order valence-electron chi connectivity index (χ2n) is 4.96. The van der Waals surface area contributed by atoms with E-state index in [0.717, 1.165) is 17.8 Å². The van der Waals surface area contributed by atoms with Gasteiger partial charge in [0.15, 0.2) is 0 Å². The molecule has 0 radical (unpaired) electrons. The quantitative estimate of drug-likeness (QED) is 0.518. The van der Waals surface area contributed by atoms with Crippen LogP contribution in [0.2, 0.25) is 0 Å². The largest absolute Gasteiger partial charge is 0.393 e. The number of aryl methyl sites for hydroxylation is 1. The third-order valence-corrected chi connectivity index (χ3v) is 3.48. The number of para-hydroxylation sites is 1. The van der Waals surface area contributed by atoms with E-state index in [1.54, 1.807) is 6.07 Å². The van der Waals surface area contributed by atoms with Gasteiger partial charge in [0.25, 0.3) is 5.69 Å². The van der Waals surface area contributed by atoms with Crippen molar-refractivity contribution >= 4 is 17.1 Å². The average molecular weight is 285 g/mol. The van der Waals surface area contributed by atoms with Crippen molar-refractivity contribution in [1.29, 1.82) is 0 Å². The summed E-state index contributed by atoms with van der Waals surface area (Å²) in [6.45, 7) is 5.44. The molecule has 5 heteroatoms. The summed E-state index contributed by atoms with van der Waals surface area (Å²) in [7, 11) is 0. The van der Waals surface area contributed by atoms with Crippen LogP contribution in [0.15, 0.2) is 42.5 Å². The standard InChI is InChI=1S/C16H19N3O2/c1-3-18(14-8-4-6-12(2)10-14)11-13-7-5-9-15(16(13)17)19(20)21/h4-10H,3,11,17H2,1-2H3. The zero-order valence-electron chi connectivity index (χ0n) is 12.2. The molecule has 0 aliphatic rings. The highest BCUT2D eigenvalue weighted by Gasteiger charge is 2.16. The first-order valence-corrected chi connectivity index (χ1v) is 6.86. The molecule has 0 heterocycles. The monoisotopic (exact) mass is 285 g/mol. The Morgan fingerprint density at radius 2 is 1.95 bits per heavy atom. The summed E-state index contributed by atoms with van der Waals surface area (Å²) in [6.07, 6.45) is 0. The van der Waals surface area contributed by atoms with Gasteiger partial charge in [-0.3, -0.25) is 10.1 Å². The van der Waals surface area contributed by atoms with Crippen molar-refractivity contribution in [2.75, 3.05) is 17.2 Å². The van der Waals surface area contributed by atoms with Gasteiger partial charge in [0, 0.05) is 30.4 Å². The summed E-state index contributed by atoms with van der Waals surface area (Å²) >= 11 is 0. The van der Waals surface area contributed by atoms with Crippen molar-refractivity contribution in [3.63, 3.8) is 0 Å². The van der Waals surface area contributed by atoms with Crippen LogP contribution in [0.3, 0.4) is 0 Å². The molecule has 21 heavy (non-hydrogen) atoms. The number of anilines is 2. The molecule has 0 saturated carbocycles. The Bertz CT molecular complexity index is 656. The molecule has 5 nitrogen and oxygen atoms in total. The molecule has 2 rings (SSSR count). The van der Waals surface area contributed by atoms with E-state index in [-0.39, 0.29) is 11.4 Å². The predicted octanol–water partition coefficient (Wildman–Crippen LogP) is 3.51. The van der Waals surface area contributed by atoms with E-state index in [1.807, 2.05) is 31.2 Å². The van der Waals surface area contributed by atoms with Gasteiger partial charge in [-0.15, -0.1) is 0 Å². The second kappa shape index (κ2) is 6.26. The molecule has 0 aliphatic heterocycles. The Balaban J connectivity index is 2.31. The van der Waals surface area contributed by atoms with Crippen LogP contribution < -0.4 is 10.6 Å². The van der Waals surface area contributed by atoms with Gasteiger partial charge in [0.1, 0.15) is 5.69 Å². The van der Waals surface area contributed by atoms with E-state index in [0.29, 0.717) is 6.54 Å². The highest BCUT2D eigenvalue weighted by Crippen LogP contribution is 2.27. The van der Waals surface area contributed by atoms with Crippen LogP contribution in [0.4, 0.5) is 17.1 Å². The number of nitrogen functional groups attached to an aromatic ring is 1. The van der Waals surface area contributed by atoms with Crippen LogP contribution in [0.1, 0.15) is 18.1 Å². The van der Waals surface area contributed by atoms with E-state index in [4.69, 9.17) is 5.73 Å². The summed E-state index contributed by atoms with van der Waals surface area (Å²) in [6, 6.07) is 13.1. The SMILES string of the molecule is CCN(Cc1cccc([N+](=O)[O-])c1N)c1cccc(C)c1. The number of nitro groups is 1. The number of nitro benzene ring substituents is 1. The van der Waals surface area contributed by atoms with Gasteiger partial charge >= 0.3 is 0 Å². The zero-order valence-corrected chi connectivity index (χ0v) is 12.2. The highest BCUT2D eigenvalue weighted by molar-refractivity contribution is 5.64. The van der Waals surface area contributed by atoms with Gasteiger partial charge in [-0.1, -0.05) is 24.3 Å². The van der Waals surface area contributed by atoms with Crippen molar-refractivity contribution in [1.82, 2.24) is 0 Å². The molecule has 0 aliphatic carbocycles. The fourth-order valence-corrected chi connectivity index (χ4v) is 2.31. The van der Waals surface area contributed by atoms with Gasteiger partial charge in [-0.05, 0) is 31.5 Å². The number of hydrogen-bond acceptors (Lipinski definition) is 4. The highest BCUT2D eigenvalue weighted by atomic mass is 16.6. The average Bonchev–Trinajstić information content (AvgIpc) is 2.46. The van der Waals surface area contributed by atoms with E-state index < -0.39 is 4.92 Å². The molecule has 0 bridgehead atoms. The molecule has 0 spiro atoms. The van der Waals surface area contributed by atoms with E-state index in [1.165, 1.54) is 11.6 Å². The lowest BCUT2D eigenvalue weighted by atomic mass is 10.1. The summed E-state index contributed by atoms with van der Waals surface area (Å²) in [4.78, 5) is 12.7. The smallest absolute Gasteiger partial charge is 0.292 e. The minimum absolute atomic E-state index is 0.0344. The van der Waals surface area contributed by atoms with Crippen LogP contribution in [0.5, 0.6) is 0 Å². The number of rotatable bonds is 5. The minimum atomic E-state index is -0.443. The molecule has 2 N–H and O–H groups in total. The van der Waals surface area contributed by atoms with Crippen LogP contribution >= 0.6 is 0 Å². The van der Waals surface area contributed by atoms with Gasteiger partial charge < -0.3 is 10.6 Å². The van der Waals surface area contributed by atoms with E-state index in [9.17, 15) is 10.1 Å². The van der Waals surface area contributed by atoms with Crippen LogP contribution in [-0.4, -0.2) is 11.5 Å². The molecule has 0 unspecified atom stereocenters. The zero-order chi connectivity index (χ0) is 15.4. The molecule has 110 valence electrons. The van der Waals surface area contributed by atoms with Gasteiger partial charge in [-0.25, -0.2) is 0 Å². The number of benzene rings is 2.